The molecule has 0 aliphatic rings. The molecular weight excluding hydrogens is 260 g/mol. The SMILES string of the molecule is O=C(O)Cc1cccc(Sc2ccc(CO)cc2)c1. The molecule has 4 heteroatoms. The Morgan fingerprint density at radius 2 is 1.74 bits per heavy atom. The van der Waals surface area contributed by atoms with E-state index in [9.17, 15) is 4.79 Å². The molecule has 0 bridgehead atoms. The van der Waals surface area contributed by atoms with E-state index in [0.29, 0.717) is 0 Å². The number of carbonyl (C=O) groups is 1. The van der Waals surface area contributed by atoms with Crippen molar-refractivity contribution in [1.82, 2.24) is 0 Å². The lowest BCUT2D eigenvalue weighted by Gasteiger charge is -2.04. The van der Waals surface area contributed by atoms with Crippen LogP contribution in [0.2, 0.25) is 0 Å². The van der Waals surface area contributed by atoms with Gasteiger partial charge in [-0.05, 0) is 35.4 Å². The van der Waals surface area contributed by atoms with Gasteiger partial charge in [-0.25, -0.2) is 0 Å². The van der Waals surface area contributed by atoms with E-state index in [1.165, 1.54) is 0 Å². The van der Waals surface area contributed by atoms with Crippen molar-refractivity contribution >= 4 is 17.7 Å². The Hall–Kier alpha value is -1.78. The molecule has 0 aliphatic heterocycles. The second-order valence-corrected chi connectivity index (χ2v) is 5.27. The van der Waals surface area contributed by atoms with Crippen molar-refractivity contribution in [2.75, 3.05) is 0 Å². The largest absolute Gasteiger partial charge is 0.481 e. The Kier molecular flexibility index (Phi) is 4.60. The monoisotopic (exact) mass is 274 g/mol. The zero-order chi connectivity index (χ0) is 13.7. The van der Waals surface area contributed by atoms with Crippen LogP contribution in [0.1, 0.15) is 11.1 Å². The fraction of sp³-hybridized carbons (Fsp3) is 0.133. The molecule has 2 rings (SSSR count). The van der Waals surface area contributed by atoms with Gasteiger partial charge in [0.1, 0.15) is 0 Å². The van der Waals surface area contributed by atoms with Gasteiger partial charge in [-0.15, -0.1) is 0 Å². The van der Waals surface area contributed by atoms with Crippen LogP contribution in [0, 0.1) is 0 Å². The van der Waals surface area contributed by atoms with E-state index in [2.05, 4.69) is 0 Å². The Morgan fingerprint density at radius 3 is 2.37 bits per heavy atom. The van der Waals surface area contributed by atoms with Gasteiger partial charge in [0.2, 0.25) is 0 Å². The number of aliphatic hydroxyl groups excluding tert-OH is 1. The van der Waals surface area contributed by atoms with Crippen molar-refractivity contribution in [3.63, 3.8) is 0 Å². The number of aliphatic hydroxyl groups is 1. The van der Waals surface area contributed by atoms with Gasteiger partial charge in [0, 0.05) is 9.79 Å². The average Bonchev–Trinajstić information content (AvgIpc) is 2.39. The van der Waals surface area contributed by atoms with E-state index >= 15 is 0 Å². The fourth-order valence-corrected chi connectivity index (χ4v) is 2.59. The number of rotatable bonds is 5. The van der Waals surface area contributed by atoms with E-state index in [-0.39, 0.29) is 13.0 Å². The zero-order valence-electron chi connectivity index (χ0n) is 10.2. The fourth-order valence-electron chi connectivity index (χ4n) is 1.69. The van der Waals surface area contributed by atoms with Gasteiger partial charge in [0.25, 0.3) is 0 Å². The van der Waals surface area contributed by atoms with Gasteiger partial charge in [-0.1, -0.05) is 36.0 Å². The molecule has 0 aliphatic carbocycles. The van der Waals surface area contributed by atoms with Gasteiger partial charge in [-0.3, -0.25) is 4.79 Å². The van der Waals surface area contributed by atoms with Crippen LogP contribution in [-0.2, 0) is 17.8 Å². The molecular formula is C15H14O3S. The lowest BCUT2D eigenvalue weighted by atomic mass is 10.2. The summed E-state index contributed by atoms with van der Waals surface area (Å²) in [4.78, 5) is 12.7. The number of benzene rings is 2. The number of aliphatic carboxylic acids is 1. The van der Waals surface area contributed by atoms with Gasteiger partial charge in [0.05, 0.1) is 13.0 Å². The second kappa shape index (κ2) is 6.41. The van der Waals surface area contributed by atoms with Crippen LogP contribution in [0.5, 0.6) is 0 Å². The highest BCUT2D eigenvalue weighted by Crippen LogP contribution is 2.28. The smallest absolute Gasteiger partial charge is 0.307 e. The Bertz CT molecular complexity index is 564. The minimum absolute atomic E-state index is 0.0395. The van der Waals surface area contributed by atoms with Crippen LogP contribution in [0.4, 0.5) is 0 Å². The highest BCUT2D eigenvalue weighted by molar-refractivity contribution is 7.99. The predicted molar refractivity (Wildman–Crippen MR) is 74.3 cm³/mol. The topological polar surface area (TPSA) is 57.5 Å². The Labute approximate surface area is 115 Å². The van der Waals surface area contributed by atoms with Crippen LogP contribution >= 0.6 is 11.8 Å². The molecule has 0 amide bonds. The summed E-state index contributed by atoms with van der Waals surface area (Å²) in [6.07, 6.45) is 0.0395. The molecule has 0 radical (unpaired) electrons. The lowest BCUT2D eigenvalue weighted by molar-refractivity contribution is -0.136. The maximum Gasteiger partial charge on any atom is 0.307 e. The van der Waals surface area contributed by atoms with E-state index in [1.54, 1.807) is 11.8 Å². The van der Waals surface area contributed by atoms with Crippen molar-refractivity contribution in [2.45, 2.75) is 22.8 Å². The third kappa shape index (κ3) is 4.12. The molecule has 0 saturated carbocycles. The van der Waals surface area contributed by atoms with Gasteiger partial charge in [0.15, 0.2) is 0 Å². The molecule has 0 unspecified atom stereocenters. The summed E-state index contributed by atoms with van der Waals surface area (Å²) in [6.45, 7) is 0.0407. The van der Waals surface area contributed by atoms with E-state index in [4.69, 9.17) is 10.2 Å². The standard InChI is InChI=1S/C15H14O3S/c16-10-11-4-6-13(7-5-11)19-14-3-1-2-12(8-14)9-15(17)18/h1-8,16H,9-10H2,(H,17,18). The van der Waals surface area contributed by atoms with E-state index < -0.39 is 5.97 Å². The normalized spacial score (nSPS) is 10.4. The number of hydrogen-bond acceptors (Lipinski definition) is 3. The average molecular weight is 274 g/mol. The Balaban J connectivity index is 2.11. The minimum Gasteiger partial charge on any atom is -0.481 e. The van der Waals surface area contributed by atoms with Gasteiger partial charge in [-0.2, -0.15) is 0 Å². The van der Waals surface area contributed by atoms with Crippen LogP contribution in [0.25, 0.3) is 0 Å². The summed E-state index contributed by atoms with van der Waals surface area (Å²) in [5.41, 5.74) is 1.67. The first-order valence-electron chi connectivity index (χ1n) is 5.86. The number of carboxylic acids is 1. The number of hydrogen-bond donors (Lipinski definition) is 2. The molecule has 0 atom stereocenters. The van der Waals surface area contributed by atoms with Gasteiger partial charge >= 0.3 is 5.97 Å². The first kappa shape index (κ1) is 13.6. The van der Waals surface area contributed by atoms with Crippen LogP contribution in [0.3, 0.4) is 0 Å². The predicted octanol–water partition coefficient (Wildman–Crippen LogP) is 2.96. The summed E-state index contributed by atoms with van der Waals surface area (Å²) in [5, 5.41) is 17.8. The third-order valence-electron chi connectivity index (χ3n) is 2.60. The number of carboxylic acid groups (broad SMARTS) is 1. The molecule has 98 valence electrons. The molecule has 3 nitrogen and oxygen atoms in total. The summed E-state index contributed by atoms with van der Waals surface area (Å²) in [5.74, 6) is -0.825. The maximum absolute atomic E-state index is 10.7. The van der Waals surface area contributed by atoms with E-state index in [1.807, 2.05) is 48.5 Å². The molecule has 2 aromatic carbocycles. The van der Waals surface area contributed by atoms with Crippen molar-refractivity contribution in [1.29, 1.82) is 0 Å². The molecule has 0 heterocycles. The maximum atomic E-state index is 10.7. The second-order valence-electron chi connectivity index (χ2n) is 4.12. The van der Waals surface area contributed by atoms with E-state index in [0.717, 1.165) is 20.9 Å². The molecule has 0 aromatic heterocycles. The van der Waals surface area contributed by atoms with Crippen molar-refractivity contribution in [3.8, 4) is 0 Å². The molecule has 0 spiro atoms. The summed E-state index contributed by atoms with van der Waals surface area (Å²) < 4.78 is 0. The molecule has 2 N–H and O–H groups in total. The quantitative estimate of drug-likeness (QED) is 0.880. The molecule has 2 aromatic rings. The van der Waals surface area contributed by atoms with Gasteiger partial charge < -0.3 is 10.2 Å². The Morgan fingerprint density at radius 1 is 1.00 bits per heavy atom. The van der Waals surface area contributed by atoms with Crippen molar-refractivity contribution < 1.29 is 15.0 Å². The zero-order valence-corrected chi connectivity index (χ0v) is 11.1. The van der Waals surface area contributed by atoms with Crippen molar-refractivity contribution in [2.24, 2.45) is 0 Å². The molecule has 0 fully saturated rings. The third-order valence-corrected chi connectivity index (χ3v) is 3.59. The van der Waals surface area contributed by atoms with Crippen molar-refractivity contribution in [3.05, 3.63) is 59.7 Å². The minimum atomic E-state index is -0.825. The summed E-state index contributed by atoms with van der Waals surface area (Å²) >= 11 is 1.57. The summed E-state index contributed by atoms with van der Waals surface area (Å²) in [7, 11) is 0. The molecule has 0 saturated heterocycles. The molecule has 19 heavy (non-hydrogen) atoms. The van der Waals surface area contributed by atoms with Crippen LogP contribution in [0.15, 0.2) is 58.3 Å². The highest BCUT2D eigenvalue weighted by Gasteiger charge is 2.03. The highest BCUT2D eigenvalue weighted by atomic mass is 32.2. The van der Waals surface area contributed by atoms with Crippen LogP contribution < -0.4 is 0 Å². The summed E-state index contributed by atoms with van der Waals surface area (Å²) in [6, 6.07) is 15.2. The van der Waals surface area contributed by atoms with Crippen LogP contribution in [-0.4, -0.2) is 16.2 Å². The first-order valence-corrected chi connectivity index (χ1v) is 6.67. The lowest BCUT2D eigenvalue weighted by Crippen LogP contribution is -1.99. The first-order chi connectivity index (χ1) is 9.17.